The molecule has 1 unspecified atom stereocenters. The van der Waals surface area contributed by atoms with Crippen LogP contribution in [0.15, 0.2) is 41.8 Å². The van der Waals surface area contributed by atoms with Crippen LogP contribution in [-0.2, 0) is 0 Å². The molecule has 19 heavy (non-hydrogen) atoms. The molecule has 0 bridgehead atoms. The smallest absolute Gasteiger partial charge is 0.0442 e. The van der Waals surface area contributed by atoms with Gasteiger partial charge in [-0.05, 0) is 42.3 Å². The highest BCUT2D eigenvalue weighted by Gasteiger charge is 2.20. The predicted octanol–water partition coefficient (Wildman–Crippen LogP) is 5.10. The molecule has 2 aromatic rings. The highest BCUT2D eigenvalue weighted by Crippen LogP contribution is 2.29. The number of benzene rings is 1. The zero-order chi connectivity index (χ0) is 13.8. The van der Waals surface area contributed by atoms with E-state index in [1.165, 1.54) is 16.0 Å². The third kappa shape index (κ3) is 3.46. The van der Waals surface area contributed by atoms with E-state index in [-0.39, 0.29) is 0 Å². The molecule has 0 aliphatic heterocycles. The van der Waals surface area contributed by atoms with Crippen molar-refractivity contribution in [2.24, 2.45) is 5.92 Å². The third-order valence-corrected chi connectivity index (χ3v) is 4.56. The van der Waals surface area contributed by atoms with Gasteiger partial charge in [-0.2, -0.15) is 0 Å². The molecular weight excluding hydrogens is 250 g/mol. The van der Waals surface area contributed by atoms with E-state index in [2.05, 4.69) is 74.8 Å². The molecule has 1 aromatic heterocycles. The van der Waals surface area contributed by atoms with Gasteiger partial charge in [0.1, 0.15) is 0 Å². The average Bonchev–Trinajstić information content (AvgIpc) is 2.89. The van der Waals surface area contributed by atoms with E-state index in [1.54, 1.807) is 0 Å². The number of hydrogen-bond donors (Lipinski definition) is 1. The van der Waals surface area contributed by atoms with Gasteiger partial charge in [0.2, 0.25) is 0 Å². The molecule has 0 radical (unpaired) electrons. The van der Waals surface area contributed by atoms with Gasteiger partial charge < -0.3 is 5.32 Å². The van der Waals surface area contributed by atoms with Crippen molar-refractivity contribution < 1.29 is 0 Å². The molecule has 2 heteroatoms. The Kier molecular flexibility index (Phi) is 4.78. The van der Waals surface area contributed by atoms with Crippen molar-refractivity contribution in [3.8, 4) is 0 Å². The first-order chi connectivity index (χ1) is 9.09. The summed E-state index contributed by atoms with van der Waals surface area (Å²) in [4.78, 5) is 1.43. The monoisotopic (exact) mass is 273 g/mol. The normalized spacial score (nSPS) is 14.6. The molecule has 102 valence electrons. The van der Waals surface area contributed by atoms with Crippen LogP contribution in [0, 0.1) is 12.8 Å². The van der Waals surface area contributed by atoms with Crippen molar-refractivity contribution in [1.82, 2.24) is 5.32 Å². The minimum Gasteiger partial charge on any atom is -0.302 e. The molecule has 0 amide bonds. The lowest BCUT2D eigenvalue weighted by Gasteiger charge is -2.26. The molecule has 1 nitrogen and oxygen atoms in total. The summed E-state index contributed by atoms with van der Waals surface area (Å²) in [7, 11) is 0. The number of rotatable bonds is 5. The molecular formula is C17H23NS. The maximum atomic E-state index is 3.79. The number of aryl methyl sites for hydroxylation is 1. The highest BCUT2D eigenvalue weighted by atomic mass is 32.1. The lowest BCUT2D eigenvalue weighted by Crippen LogP contribution is -2.28. The van der Waals surface area contributed by atoms with Crippen molar-refractivity contribution in [3.05, 3.63) is 57.8 Å². The van der Waals surface area contributed by atoms with Gasteiger partial charge in [-0.15, -0.1) is 11.3 Å². The van der Waals surface area contributed by atoms with Crippen molar-refractivity contribution in [2.45, 2.75) is 39.8 Å². The number of thiophene rings is 1. The Balaban J connectivity index is 2.16. The standard InChI is InChI=1S/C17H23NS/c1-12(2)17(16-10-7-11-19-16)18-14(4)15-9-6-5-8-13(15)3/h5-12,14,17-18H,1-4H3/t14-,17?/m0/s1. The summed E-state index contributed by atoms with van der Waals surface area (Å²) in [6, 6.07) is 13.8. The van der Waals surface area contributed by atoms with Crippen molar-refractivity contribution >= 4 is 11.3 Å². The zero-order valence-electron chi connectivity index (χ0n) is 12.2. The molecule has 0 aliphatic carbocycles. The van der Waals surface area contributed by atoms with Crippen LogP contribution >= 0.6 is 11.3 Å². The minimum absolute atomic E-state index is 0.371. The van der Waals surface area contributed by atoms with Crippen molar-refractivity contribution in [2.75, 3.05) is 0 Å². The van der Waals surface area contributed by atoms with Gasteiger partial charge in [-0.25, -0.2) is 0 Å². The fraction of sp³-hybridized carbons (Fsp3) is 0.412. The molecule has 1 N–H and O–H groups in total. The molecule has 1 aromatic carbocycles. The molecule has 0 saturated heterocycles. The van der Waals surface area contributed by atoms with E-state index in [4.69, 9.17) is 0 Å². The Bertz CT molecular complexity index is 502. The molecule has 1 heterocycles. The summed E-state index contributed by atoms with van der Waals surface area (Å²) in [5.74, 6) is 0.588. The Hall–Kier alpha value is -1.12. The lowest BCUT2D eigenvalue weighted by atomic mass is 9.98. The maximum absolute atomic E-state index is 3.79. The van der Waals surface area contributed by atoms with Gasteiger partial charge in [0.25, 0.3) is 0 Å². The van der Waals surface area contributed by atoms with Crippen LogP contribution in [0.1, 0.15) is 48.9 Å². The summed E-state index contributed by atoms with van der Waals surface area (Å²) in [5.41, 5.74) is 2.75. The van der Waals surface area contributed by atoms with Gasteiger partial charge in [0, 0.05) is 17.0 Å². The largest absolute Gasteiger partial charge is 0.302 e. The SMILES string of the molecule is Cc1ccccc1[C@H](C)NC(c1cccs1)C(C)C. The van der Waals surface area contributed by atoms with E-state index >= 15 is 0 Å². The van der Waals surface area contributed by atoms with Crippen LogP contribution in [0.3, 0.4) is 0 Å². The molecule has 2 rings (SSSR count). The second kappa shape index (κ2) is 6.36. The quantitative estimate of drug-likeness (QED) is 0.798. The van der Waals surface area contributed by atoms with E-state index in [1.807, 2.05) is 11.3 Å². The average molecular weight is 273 g/mol. The summed E-state index contributed by atoms with van der Waals surface area (Å²) >= 11 is 1.84. The molecule has 0 fully saturated rings. The molecule has 0 saturated carbocycles. The topological polar surface area (TPSA) is 12.0 Å². The summed E-state index contributed by atoms with van der Waals surface area (Å²) in [6.45, 7) is 9.00. The van der Waals surface area contributed by atoms with E-state index in [0.29, 0.717) is 18.0 Å². The Morgan fingerprint density at radius 1 is 1.00 bits per heavy atom. The molecule has 0 spiro atoms. The Morgan fingerprint density at radius 3 is 2.32 bits per heavy atom. The van der Waals surface area contributed by atoms with Crippen molar-refractivity contribution in [1.29, 1.82) is 0 Å². The first-order valence-electron chi connectivity index (χ1n) is 6.94. The van der Waals surface area contributed by atoms with E-state index < -0.39 is 0 Å². The molecule has 2 atom stereocenters. The second-order valence-corrected chi connectivity index (χ2v) is 6.46. The van der Waals surface area contributed by atoms with Crippen LogP contribution in [0.25, 0.3) is 0 Å². The molecule has 0 aliphatic rings. The highest BCUT2D eigenvalue weighted by molar-refractivity contribution is 7.10. The zero-order valence-corrected chi connectivity index (χ0v) is 13.0. The summed E-state index contributed by atoms with van der Waals surface area (Å²) in [6.07, 6.45) is 0. The maximum Gasteiger partial charge on any atom is 0.0442 e. The van der Waals surface area contributed by atoms with Crippen LogP contribution < -0.4 is 5.32 Å². The van der Waals surface area contributed by atoms with Gasteiger partial charge in [0.15, 0.2) is 0 Å². The van der Waals surface area contributed by atoms with Crippen LogP contribution in [0.4, 0.5) is 0 Å². The number of nitrogens with one attached hydrogen (secondary N) is 1. The van der Waals surface area contributed by atoms with E-state index in [0.717, 1.165) is 0 Å². The van der Waals surface area contributed by atoms with Gasteiger partial charge in [-0.3, -0.25) is 0 Å². The summed E-state index contributed by atoms with van der Waals surface area (Å²) in [5, 5.41) is 5.94. The van der Waals surface area contributed by atoms with Crippen LogP contribution in [0.5, 0.6) is 0 Å². The van der Waals surface area contributed by atoms with Gasteiger partial charge >= 0.3 is 0 Å². The Morgan fingerprint density at radius 2 is 1.74 bits per heavy atom. The predicted molar refractivity (Wildman–Crippen MR) is 84.6 cm³/mol. The summed E-state index contributed by atoms with van der Waals surface area (Å²) < 4.78 is 0. The fourth-order valence-corrected chi connectivity index (χ4v) is 3.46. The fourth-order valence-electron chi connectivity index (χ4n) is 2.50. The first kappa shape index (κ1) is 14.3. The first-order valence-corrected chi connectivity index (χ1v) is 7.82. The third-order valence-electron chi connectivity index (χ3n) is 3.60. The van der Waals surface area contributed by atoms with Gasteiger partial charge in [-0.1, -0.05) is 44.2 Å². The van der Waals surface area contributed by atoms with Crippen molar-refractivity contribution in [3.63, 3.8) is 0 Å². The lowest BCUT2D eigenvalue weighted by molar-refractivity contribution is 0.379. The van der Waals surface area contributed by atoms with Crippen LogP contribution in [-0.4, -0.2) is 0 Å². The number of hydrogen-bond acceptors (Lipinski definition) is 2. The van der Waals surface area contributed by atoms with Gasteiger partial charge in [0.05, 0.1) is 0 Å². The second-order valence-electron chi connectivity index (χ2n) is 5.48. The Labute approximate surface area is 120 Å². The minimum atomic E-state index is 0.371. The van der Waals surface area contributed by atoms with Crippen LogP contribution in [0.2, 0.25) is 0 Å². The van der Waals surface area contributed by atoms with E-state index in [9.17, 15) is 0 Å².